The molecule has 0 aromatic heterocycles. The molecule has 1 unspecified atom stereocenters. The van der Waals surface area contributed by atoms with E-state index >= 15 is 0 Å². The van der Waals surface area contributed by atoms with Crippen LogP contribution in [0.25, 0.3) is 0 Å². The van der Waals surface area contributed by atoms with Gasteiger partial charge in [-0.2, -0.15) is 0 Å². The smallest absolute Gasteiger partial charge is 0.337 e. The van der Waals surface area contributed by atoms with E-state index in [0.29, 0.717) is 17.8 Å². The van der Waals surface area contributed by atoms with Crippen molar-refractivity contribution >= 4 is 24.0 Å². The van der Waals surface area contributed by atoms with Crippen LogP contribution in [0.4, 0.5) is 0 Å². The number of esters is 1. The Balaban J connectivity index is 4.62. The molecule has 0 aromatic carbocycles. The van der Waals surface area contributed by atoms with Crippen LogP contribution >= 0.6 is 0 Å². The van der Waals surface area contributed by atoms with Gasteiger partial charge in [0, 0.05) is 0 Å². The minimum atomic E-state index is -1.69. The molecule has 0 aliphatic rings. The van der Waals surface area contributed by atoms with E-state index in [1.807, 2.05) is 6.92 Å². The maximum absolute atomic E-state index is 11.8. The van der Waals surface area contributed by atoms with Crippen LogP contribution in [-0.2, 0) is 14.0 Å². The van der Waals surface area contributed by atoms with Crippen LogP contribution in [-0.4, -0.2) is 34.6 Å². The van der Waals surface area contributed by atoms with Crippen molar-refractivity contribution in [3.05, 3.63) is 11.3 Å². The number of carbonyl (C=O) groups is 1. The first-order chi connectivity index (χ1) is 7.71. The quantitative estimate of drug-likeness (QED) is 0.346. The number of ether oxygens (including phenoxy) is 1. The average Bonchev–Trinajstić information content (AvgIpc) is 2.21. The highest BCUT2D eigenvalue weighted by Gasteiger charge is 2.20. The van der Waals surface area contributed by atoms with Crippen molar-refractivity contribution in [2.75, 3.05) is 0 Å². The fourth-order valence-corrected chi connectivity index (χ4v) is 2.72. The Hall–Kier alpha value is -0.596. The zero-order valence-corrected chi connectivity index (χ0v) is 14.1. The summed E-state index contributed by atoms with van der Waals surface area (Å²) < 4.78 is 10.9. The van der Waals surface area contributed by atoms with E-state index in [1.54, 1.807) is 13.8 Å². The molecule has 0 bridgehead atoms. The van der Waals surface area contributed by atoms with Crippen LogP contribution in [0.1, 0.15) is 27.2 Å². The van der Waals surface area contributed by atoms with Gasteiger partial charge in [0.25, 0.3) is 0 Å². The second-order valence-electron chi connectivity index (χ2n) is 5.01. The van der Waals surface area contributed by atoms with E-state index in [4.69, 9.17) is 14.0 Å². The van der Waals surface area contributed by atoms with Gasteiger partial charge >= 0.3 is 5.97 Å². The molecule has 4 nitrogen and oxygen atoms in total. The number of carbonyl (C=O) groups excluding carboxylic acids is 1. The molecule has 17 heavy (non-hydrogen) atoms. The topological polar surface area (TPSA) is 55.8 Å². The predicted octanol–water partition coefficient (Wildman–Crippen LogP) is 1.49. The standard InChI is InChI=1S/C11H24O4Si2/c1-7-10(16-13)14-11(12)8(2)9(3)15-17(4,5)6/h10,13H,7,16H2,1-6H3. The van der Waals surface area contributed by atoms with Crippen molar-refractivity contribution in [2.45, 2.75) is 52.6 Å². The Morgan fingerprint density at radius 2 is 1.88 bits per heavy atom. The molecule has 6 heteroatoms. The average molecular weight is 276 g/mol. The number of rotatable bonds is 6. The molecular formula is C11H24O4Si2. The zero-order valence-electron chi connectivity index (χ0n) is 11.7. The van der Waals surface area contributed by atoms with Gasteiger partial charge in [-0.05, 0) is 39.9 Å². The molecule has 0 amide bonds. The predicted molar refractivity (Wildman–Crippen MR) is 73.7 cm³/mol. The summed E-state index contributed by atoms with van der Waals surface area (Å²) in [6, 6.07) is 0. The van der Waals surface area contributed by atoms with E-state index in [9.17, 15) is 4.79 Å². The van der Waals surface area contributed by atoms with Gasteiger partial charge in [0.2, 0.25) is 8.32 Å². The largest absolute Gasteiger partial charge is 0.547 e. The molecule has 0 saturated heterocycles. The number of hydrogen-bond acceptors (Lipinski definition) is 4. The minimum absolute atomic E-state index is 0.294. The van der Waals surface area contributed by atoms with Crippen molar-refractivity contribution < 1.29 is 18.8 Å². The summed E-state index contributed by atoms with van der Waals surface area (Å²) in [5, 5.41) is 0. The number of allylic oxidation sites excluding steroid dienone is 1. The molecular weight excluding hydrogens is 252 g/mol. The summed E-state index contributed by atoms with van der Waals surface area (Å²) in [6.07, 6.45) is 0.662. The van der Waals surface area contributed by atoms with Gasteiger partial charge < -0.3 is 14.0 Å². The highest BCUT2D eigenvalue weighted by molar-refractivity contribution is 6.70. The summed E-state index contributed by atoms with van der Waals surface area (Å²) in [4.78, 5) is 20.9. The second kappa shape index (κ2) is 6.98. The van der Waals surface area contributed by atoms with Crippen LogP contribution < -0.4 is 0 Å². The normalized spacial score (nSPS) is 15.7. The van der Waals surface area contributed by atoms with Gasteiger partial charge in [-0.3, -0.25) is 0 Å². The third-order valence-corrected chi connectivity index (χ3v) is 4.30. The van der Waals surface area contributed by atoms with Crippen LogP contribution in [0.2, 0.25) is 19.6 Å². The Morgan fingerprint density at radius 1 is 1.35 bits per heavy atom. The van der Waals surface area contributed by atoms with Crippen LogP contribution in [0.5, 0.6) is 0 Å². The van der Waals surface area contributed by atoms with Crippen molar-refractivity contribution in [1.29, 1.82) is 0 Å². The van der Waals surface area contributed by atoms with Crippen molar-refractivity contribution in [3.8, 4) is 0 Å². The molecule has 1 N–H and O–H groups in total. The first kappa shape index (κ1) is 16.4. The Kier molecular flexibility index (Phi) is 6.73. The maximum atomic E-state index is 11.8. The fraction of sp³-hybridized carbons (Fsp3) is 0.727. The lowest BCUT2D eigenvalue weighted by molar-refractivity contribution is -0.141. The monoisotopic (exact) mass is 276 g/mol. The molecule has 0 fully saturated rings. The third-order valence-electron chi connectivity index (χ3n) is 2.23. The summed E-state index contributed by atoms with van der Waals surface area (Å²) in [7, 11) is -2.99. The lowest BCUT2D eigenvalue weighted by atomic mass is 10.3. The summed E-state index contributed by atoms with van der Waals surface area (Å²) in [5.74, 6) is 0.248. The minimum Gasteiger partial charge on any atom is -0.547 e. The fourth-order valence-electron chi connectivity index (χ4n) is 1.17. The molecule has 0 spiro atoms. The van der Waals surface area contributed by atoms with Crippen molar-refractivity contribution in [3.63, 3.8) is 0 Å². The second-order valence-corrected chi connectivity index (χ2v) is 10.7. The highest BCUT2D eigenvalue weighted by Crippen LogP contribution is 2.15. The Bertz CT molecular complexity index is 290. The van der Waals surface area contributed by atoms with E-state index in [-0.39, 0.29) is 11.7 Å². The summed E-state index contributed by atoms with van der Waals surface area (Å²) >= 11 is 0. The molecule has 1 atom stereocenters. The zero-order chi connectivity index (χ0) is 13.6. The number of hydrogen-bond donors (Lipinski definition) is 1. The molecule has 0 saturated carbocycles. The van der Waals surface area contributed by atoms with E-state index < -0.39 is 18.1 Å². The first-order valence-corrected chi connectivity index (χ1v) is 10.7. The van der Waals surface area contributed by atoms with Gasteiger partial charge in [0.1, 0.15) is 5.73 Å². The lowest BCUT2D eigenvalue weighted by Crippen LogP contribution is -2.27. The molecule has 0 radical (unpaired) electrons. The molecule has 0 aromatic rings. The van der Waals surface area contributed by atoms with E-state index in [0.717, 1.165) is 0 Å². The summed E-state index contributed by atoms with van der Waals surface area (Å²) in [6.45, 7) is 11.6. The van der Waals surface area contributed by atoms with Gasteiger partial charge in [-0.1, -0.05) is 6.92 Å². The molecule has 100 valence electrons. The Labute approximate surface area is 107 Å². The SMILES string of the molecule is CCC(OC(=O)C(C)=C(C)O[Si](C)(C)C)[SiH2]O. The van der Waals surface area contributed by atoms with E-state index in [2.05, 4.69) is 19.6 Å². The van der Waals surface area contributed by atoms with Gasteiger partial charge in [0.05, 0.1) is 11.3 Å². The molecule has 0 aliphatic carbocycles. The Morgan fingerprint density at radius 3 is 2.24 bits per heavy atom. The van der Waals surface area contributed by atoms with Crippen molar-refractivity contribution in [1.82, 2.24) is 0 Å². The van der Waals surface area contributed by atoms with Crippen LogP contribution in [0.15, 0.2) is 11.3 Å². The van der Waals surface area contributed by atoms with Crippen LogP contribution in [0, 0.1) is 0 Å². The summed E-state index contributed by atoms with van der Waals surface area (Å²) in [5.41, 5.74) is 0.199. The third kappa shape index (κ3) is 6.65. The lowest BCUT2D eigenvalue weighted by Gasteiger charge is -2.21. The molecule has 0 rings (SSSR count). The van der Waals surface area contributed by atoms with Crippen LogP contribution in [0.3, 0.4) is 0 Å². The maximum Gasteiger partial charge on any atom is 0.337 e. The first-order valence-electron chi connectivity index (χ1n) is 5.89. The molecule has 0 heterocycles. The van der Waals surface area contributed by atoms with E-state index in [1.165, 1.54) is 0 Å². The van der Waals surface area contributed by atoms with Gasteiger partial charge in [0.15, 0.2) is 9.76 Å². The van der Waals surface area contributed by atoms with Gasteiger partial charge in [-0.15, -0.1) is 0 Å². The van der Waals surface area contributed by atoms with Crippen molar-refractivity contribution in [2.24, 2.45) is 0 Å². The highest BCUT2D eigenvalue weighted by atomic mass is 28.4. The molecule has 0 aliphatic heterocycles. The van der Waals surface area contributed by atoms with Gasteiger partial charge in [-0.25, -0.2) is 4.79 Å².